The van der Waals surface area contributed by atoms with Crippen molar-refractivity contribution in [1.29, 1.82) is 0 Å². The first-order chi connectivity index (χ1) is 38.9. The minimum Gasteiger partial charge on any atom is -0.394 e. The summed E-state index contributed by atoms with van der Waals surface area (Å²) in [6, 6.07) is 0. The minimum absolute atomic E-state index is 0. The van der Waals surface area contributed by atoms with Gasteiger partial charge >= 0.3 is 23.5 Å². The standard InChI is InChI=1S/C26H47NO13P2S2.C25H47N2O8PS2.CH4/c1-16(29)7-8-19-9-10-22(30)27-11-5-6-12-43-25-17(2)37-20(13-28)23(25)40-42(33,34)36-14-21-24(39-41(31,32)35-4)26(44-15-19)18(3)38-21;1-5-19-23-25(17(3)33-19)38-15-18(9-11-26-4)10-12-27-21(28)8-6-7-13-37-24-16(2)34-20(22(24)29)14-32-36(30,31)35-23;/h17-21,23-26,28H,5-15H2,1-4H3,(H,27,30)(H,31,32)(H,33,34);16-20,22-26,29H,5-15H2,1-4H3,(H,27,28)(H,30,31);1H4/t17-,18-,19?,20+,21+,23?,24?,25+,26+;16-,17-,18?,19+,20+,22?,23?,24+,25+;/m00./s1. The maximum atomic E-state index is 13.2. The van der Waals surface area contributed by atoms with Crippen molar-refractivity contribution in [2.24, 2.45) is 11.8 Å². The van der Waals surface area contributed by atoms with Gasteiger partial charge in [0.05, 0.1) is 77.4 Å². The molecule has 21 atom stereocenters. The Morgan fingerprint density at radius 3 is 1.89 bits per heavy atom. The van der Waals surface area contributed by atoms with E-state index in [1.807, 2.05) is 27.8 Å². The number of phosphoric acid groups is 3. The van der Waals surface area contributed by atoms with Gasteiger partial charge in [-0.15, -0.1) is 0 Å². The highest BCUT2D eigenvalue weighted by atomic mass is 32.2. The molecule has 9 unspecified atom stereocenters. The first kappa shape index (κ1) is 75.5. The number of fused-ring (bicyclic) bond motifs is 6. The lowest BCUT2D eigenvalue weighted by Gasteiger charge is -2.27. The third-order valence-corrected chi connectivity index (χ3v) is 24.8. The number of ether oxygens (including phenoxy) is 4. The Balaban J connectivity index is 0.000000356. The van der Waals surface area contributed by atoms with E-state index in [1.165, 1.54) is 30.4 Å². The SMILES string of the molecule is C.CC[C@H]1O[C@@H](C)[C@H]2SCC(CCNC)CCNC(=O)CCCCS[C@H]3C(O)[C@@H](COP(=O)(O)OC12)O[C@H]3C.COP(=O)(O)OC1[C@H]2COP(=O)(O)OC3[C@@H](CO)O[C@@H](C)[C@H]3SCCCCNC(=O)CCC(CCC(C)=O)CS[C@@H]1[C@H](C)O2. The summed E-state index contributed by atoms with van der Waals surface area (Å²) in [7, 11) is -10.7. The lowest BCUT2D eigenvalue weighted by Crippen LogP contribution is -2.36. The van der Waals surface area contributed by atoms with Crippen molar-refractivity contribution in [3.05, 3.63) is 0 Å². The van der Waals surface area contributed by atoms with Crippen LogP contribution in [0.3, 0.4) is 0 Å². The fourth-order valence-electron chi connectivity index (χ4n) is 10.7. The van der Waals surface area contributed by atoms with Crippen molar-refractivity contribution in [3.8, 4) is 0 Å². The molecule has 6 saturated heterocycles. The number of carbonyl (C=O) groups excluding carboxylic acids is 3. The van der Waals surface area contributed by atoms with E-state index in [2.05, 4.69) is 20.5 Å². The molecule has 0 radical (unpaired) electrons. The van der Waals surface area contributed by atoms with E-state index in [0.717, 1.165) is 63.7 Å². The monoisotopic (exact) mass is 1320 g/mol. The summed E-state index contributed by atoms with van der Waals surface area (Å²) in [5.74, 6) is 3.20. The van der Waals surface area contributed by atoms with Gasteiger partial charge in [-0.25, -0.2) is 13.7 Å². The summed E-state index contributed by atoms with van der Waals surface area (Å²) < 4.78 is 94.6. The quantitative estimate of drug-likeness (QED) is 0.100. The van der Waals surface area contributed by atoms with Gasteiger partial charge in [-0.1, -0.05) is 14.4 Å². The number of aliphatic hydroxyl groups excluding tert-OH is 2. The second-order valence-corrected chi connectivity index (χ2v) is 31.1. The second-order valence-electron chi connectivity index (χ2n) is 21.8. The Labute approximate surface area is 509 Å². The molecule has 0 spiro atoms. The smallest absolute Gasteiger partial charge is 0.394 e. The van der Waals surface area contributed by atoms with E-state index in [9.17, 15) is 53.0 Å². The van der Waals surface area contributed by atoms with Gasteiger partial charge in [0.1, 0.15) is 42.4 Å². The predicted molar refractivity (Wildman–Crippen MR) is 324 cm³/mol. The van der Waals surface area contributed by atoms with Crippen LogP contribution in [0, 0.1) is 11.8 Å². The molecule has 6 aliphatic rings. The zero-order chi connectivity index (χ0) is 60.2. The number of hydrogen-bond acceptors (Lipinski definition) is 23. The lowest BCUT2D eigenvalue weighted by atomic mass is 9.98. The molecule has 6 aliphatic heterocycles. The van der Waals surface area contributed by atoms with E-state index in [1.54, 1.807) is 37.4 Å². The Morgan fingerprint density at radius 2 is 1.27 bits per heavy atom. The number of Topliss-reactive ketones (excluding diaryl/α,β-unsaturated/α-hetero) is 1. The van der Waals surface area contributed by atoms with E-state index >= 15 is 0 Å². The third-order valence-electron chi connectivity index (χ3n) is 15.3. The zero-order valence-corrected chi connectivity index (χ0v) is 54.6. The average molecular weight is 1320 g/mol. The number of ketones is 1. The van der Waals surface area contributed by atoms with Gasteiger partial charge in [-0.2, -0.15) is 47.0 Å². The van der Waals surface area contributed by atoms with Crippen LogP contribution in [0.2, 0.25) is 0 Å². The lowest BCUT2D eigenvalue weighted by molar-refractivity contribution is -0.122. The van der Waals surface area contributed by atoms with Gasteiger partial charge in [-0.3, -0.25) is 36.7 Å². The molecule has 6 rings (SSSR count). The molecule has 0 aromatic rings. The number of amides is 2. The number of thioether (sulfide) groups is 4. The highest BCUT2D eigenvalue weighted by molar-refractivity contribution is 8.00. The van der Waals surface area contributed by atoms with Crippen molar-refractivity contribution in [3.63, 3.8) is 0 Å². The fourth-order valence-corrected chi connectivity index (χ4v) is 19.5. The first-order valence-electron chi connectivity index (χ1n) is 28.8. The van der Waals surface area contributed by atoms with Crippen LogP contribution in [0.15, 0.2) is 0 Å². The van der Waals surface area contributed by atoms with Crippen LogP contribution in [-0.2, 0) is 74.2 Å². The van der Waals surface area contributed by atoms with Gasteiger partial charge < -0.3 is 64.6 Å². The molecular weight excluding hydrogens is 1220 g/mol. The highest BCUT2D eigenvalue weighted by Gasteiger charge is 2.51. The Bertz CT molecular complexity index is 2110. The maximum absolute atomic E-state index is 13.2. The molecule has 31 heteroatoms. The third kappa shape index (κ3) is 25.0. The van der Waals surface area contributed by atoms with Crippen LogP contribution in [0.4, 0.5) is 0 Å². The number of phosphoric ester groups is 3. The number of hydrogen-bond donors (Lipinski definition) is 8. The molecule has 0 aliphatic carbocycles. The van der Waals surface area contributed by atoms with Crippen LogP contribution >= 0.6 is 70.5 Å². The zero-order valence-electron chi connectivity index (χ0n) is 48.7. The summed E-state index contributed by atoms with van der Waals surface area (Å²) in [4.78, 5) is 68.2. The second kappa shape index (κ2) is 37.4. The van der Waals surface area contributed by atoms with Crippen LogP contribution in [0.5, 0.6) is 0 Å². The van der Waals surface area contributed by atoms with Crippen LogP contribution in [0.1, 0.15) is 126 Å². The molecule has 6 fully saturated rings. The van der Waals surface area contributed by atoms with Crippen molar-refractivity contribution >= 4 is 88.1 Å². The molecule has 0 aromatic carbocycles. The van der Waals surface area contributed by atoms with E-state index in [0.29, 0.717) is 69.0 Å². The fraction of sp³-hybridized carbons (Fsp3) is 0.942. The first-order valence-corrected chi connectivity index (χ1v) is 37.5. The van der Waals surface area contributed by atoms with Gasteiger partial charge in [0.2, 0.25) is 11.8 Å². The van der Waals surface area contributed by atoms with Crippen LogP contribution < -0.4 is 16.0 Å². The number of nitrogens with one attached hydrogen (secondary N) is 3. The Morgan fingerprint density at radius 1 is 0.735 bits per heavy atom. The number of rotatable bonds is 11. The van der Waals surface area contributed by atoms with Crippen molar-refractivity contribution < 1.29 is 99.1 Å². The van der Waals surface area contributed by atoms with E-state index in [-0.39, 0.29) is 77.7 Å². The molecular formula is C52H98N3O21P3S4. The molecule has 83 heavy (non-hydrogen) atoms. The minimum atomic E-state index is -4.72. The van der Waals surface area contributed by atoms with Crippen LogP contribution in [0.25, 0.3) is 0 Å². The number of carbonyl (C=O) groups is 3. The number of aliphatic hydroxyl groups is 2. The van der Waals surface area contributed by atoms with Crippen molar-refractivity contribution in [1.82, 2.24) is 16.0 Å². The molecule has 2 amide bonds. The Kier molecular flexibility index (Phi) is 34.0. The predicted octanol–water partition coefficient (Wildman–Crippen LogP) is 6.66. The maximum Gasteiger partial charge on any atom is 0.472 e. The topological polar surface area (TPSA) is 332 Å². The van der Waals surface area contributed by atoms with Crippen LogP contribution in [-0.4, -0.2) is 213 Å². The van der Waals surface area contributed by atoms with E-state index in [4.69, 9.17) is 41.6 Å². The molecule has 6 heterocycles. The summed E-state index contributed by atoms with van der Waals surface area (Å²) in [5.41, 5.74) is 0. The molecule has 8 N–H and O–H groups in total. The molecule has 486 valence electrons. The molecule has 0 aromatic heterocycles. The van der Waals surface area contributed by atoms with Crippen molar-refractivity contribution in [2.75, 3.05) is 76.6 Å². The summed E-state index contributed by atoms with van der Waals surface area (Å²) >= 11 is 6.21. The largest absolute Gasteiger partial charge is 0.472 e. The highest BCUT2D eigenvalue weighted by Crippen LogP contribution is 2.53. The van der Waals surface area contributed by atoms with Gasteiger partial charge in [0.15, 0.2) is 0 Å². The van der Waals surface area contributed by atoms with Gasteiger partial charge in [0.25, 0.3) is 0 Å². The molecule has 4 bridgehead atoms. The average Bonchev–Trinajstić information content (AvgIpc) is 3.46. The summed E-state index contributed by atoms with van der Waals surface area (Å²) in [6.45, 7) is 11.7. The van der Waals surface area contributed by atoms with Crippen molar-refractivity contribution in [2.45, 2.75) is 220 Å². The van der Waals surface area contributed by atoms with Gasteiger partial charge in [0, 0.05) is 39.5 Å². The molecule has 0 saturated carbocycles. The summed E-state index contributed by atoms with van der Waals surface area (Å²) in [6.07, 6.45) is 0.261. The van der Waals surface area contributed by atoms with Gasteiger partial charge in [-0.05, 0) is 141 Å². The van der Waals surface area contributed by atoms with E-state index < -0.39 is 90.8 Å². The summed E-state index contributed by atoms with van der Waals surface area (Å²) in [5, 5.41) is 28.7. The Hall–Kier alpha value is 0.0600. The molecule has 24 nitrogen and oxygen atoms in total. The normalized spacial score (nSPS) is 40.7.